The minimum Gasteiger partial charge on any atom is -0.490 e. The number of benzene rings is 3. The lowest BCUT2D eigenvalue weighted by Crippen LogP contribution is -2.74. The molecule has 1 amide bonds. The van der Waals surface area contributed by atoms with E-state index >= 15 is 0 Å². The Bertz CT molecular complexity index is 3080. The van der Waals surface area contributed by atoms with Gasteiger partial charge in [-0.25, -0.2) is 18.4 Å². The molecule has 9 rings (SSSR count). The first-order valence-corrected chi connectivity index (χ1v) is 24.4. The monoisotopic (exact) mass is 944 g/mol. The van der Waals surface area contributed by atoms with Gasteiger partial charge in [0.05, 0.1) is 28.0 Å². The van der Waals surface area contributed by atoms with Gasteiger partial charge < -0.3 is 34.0 Å². The lowest BCUT2D eigenvalue weighted by molar-refractivity contribution is -0.164. The Morgan fingerprint density at radius 3 is 2.33 bits per heavy atom. The Hall–Kier alpha value is -6.57. The van der Waals surface area contributed by atoms with Crippen LogP contribution in [0.2, 0.25) is 5.02 Å². The van der Waals surface area contributed by atoms with E-state index in [1.165, 1.54) is 4.57 Å². The van der Waals surface area contributed by atoms with E-state index in [0.29, 0.717) is 72.8 Å². The van der Waals surface area contributed by atoms with Crippen LogP contribution < -0.4 is 34.7 Å². The molecule has 0 radical (unpaired) electrons. The van der Waals surface area contributed by atoms with Gasteiger partial charge in [0.25, 0.3) is 11.5 Å². The number of amides is 1. The van der Waals surface area contributed by atoms with Gasteiger partial charge in [-0.3, -0.25) is 14.3 Å². The number of aryl methyl sites for hydroxylation is 1. The van der Waals surface area contributed by atoms with Crippen LogP contribution in [0.4, 0.5) is 11.6 Å². The molecule has 2 aliphatic carbocycles. The van der Waals surface area contributed by atoms with Gasteiger partial charge in [0.2, 0.25) is 16.0 Å². The van der Waals surface area contributed by atoms with Gasteiger partial charge >= 0.3 is 0 Å². The molecule has 4 heterocycles. The highest BCUT2D eigenvalue weighted by molar-refractivity contribution is 7.92. The second kappa shape index (κ2) is 17.3. The summed E-state index contributed by atoms with van der Waals surface area (Å²) in [5.74, 6) is 2.55. The first kappa shape index (κ1) is 45.6. The van der Waals surface area contributed by atoms with E-state index in [9.17, 15) is 23.3 Å². The number of carbonyl (C=O) groups is 1. The quantitative estimate of drug-likeness (QED) is 0.100. The molecule has 348 valence electrons. The number of piperidine rings is 1. The van der Waals surface area contributed by atoms with E-state index in [0.717, 1.165) is 38.8 Å². The van der Waals surface area contributed by atoms with Crippen molar-refractivity contribution in [1.29, 1.82) is 5.26 Å². The van der Waals surface area contributed by atoms with Crippen LogP contribution in [0.1, 0.15) is 76.2 Å². The summed E-state index contributed by atoms with van der Waals surface area (Å²) in [5.41, 5.74) is 2.07. The normalized spacial score (nSPS) is 19.5. The van der Waals surface area contributed by atoms with Gasteiger partial charge in [-0.2, -0.15) is 5.26 Å². The van der Waals surface area contributed by atoms with E-state index < -0.39 is 20.9 Å². The topological polar surface area (TPSA) is 194 Å². The number of anilines is 2. The van der Waals surface area contributed by atoms with Crippen LogP contribution in [0.3, 0.4) is 0 Å². The molecule has 1 saturated heterocycles. The van der Waals surface area contributed by atoms with Crippen LogP contribution in [0.25, 0.3) is 22.0 Å². The van der Waals surface area contributed by atoms with Gasteiger partial charge in [0.1, 0.15) is 40.7 Å². The van der Waals surface area contributed by atoms with Crippen LogP contribution in [0.15, 0.2) is 96.3 Å². The molecular formula is C50H53ClN8O7S. The standard InChI is InChI=1S/C50H53ClN8O7S/c1-7-67(62,63)57-32-12-14-41(38(21-32)39-29-58(6)44(61)42-37(39)15-18-53-42)65-34-10-8-9-33(22-34)64-36-24-50(25-36)16-19-59(20-17-50)47-54-27-31(28-55-47)43(60)56-45-48(2,3)46(49(45,4)5)66-35-13-11-30(26-52)40(51)23-35/h8-15,18,21-23,27-29,36,45-46,53,57H,7,16-17,19-20,24-25H2,1-6H3,(H,56,60). The number of ether oxygens (including phenoxy) is 3. The maximum Gasteiger partial charge on any atom is 0.274 e. The summed E-state index contributed by atoms with van der Waals surface area (Å²) in [7, 11) is -1.88. The van der Waals surface area contributed by atoms with Crippen molar-refractivity contribution in [2.45, 2.75) is 78.6 Å². The van der Waals surface area contributed by atoms with Gasteiger partial charge in [-0.05, 0) is 86.6 Å². The Morgan fingerprint density at radius 2 is 1.64 bits per heavy atom. The van der Waals surface area contributed by atoms with Crippen molar-refractivity contribution in [3.8, 4) is 40.2 Å². The van der Waals surface area contributed by atoms with Crippen molar-refractivity contribution in [3.63, 3.8) is 0 Å². The zero-order valence-corrected chi connectivity index (χ0v) is 39.8. The Balaban J connectivity index is 0.793. The molecule has 1 aliphatic heterocycles. The number of fused-ring (bicyclic) bond motifs is 1. The molecule has 67 heavy (non-hydrogen) atoms. The van der Waals surface area contributed by atoms with Crippen LogP contribution in [-0.4, -0.2) is 70.9 Å². The third-order valence-corrected chi connectivity index (χ3v) is 15.5. The highest BCUT2D eigenvalue weighted by Crippen LogP contribution is 2.56. The maximum absolute atomic E-state index is 13.5. The van der Waals surface area contributed by atoms with Crippen molar-refractivity contribution in [1.82, 2.24) is 24.8 Å². The maximum atomic E-state index is 13.5. The number of pyridine rings is 1. The first-order chi connectivity index (χ1) is 31.9. The van der Waals surface area contributed by atoms with Crippen molar-refractivity contribution in [3.05, 3.63) is 118 Å². The number of halogens is 1. The van der Waals surface area contributed by atoms with Crippen LogP contribution in [0.5, 0.6) is 23.0 Å². The SMILES string of the molecule is CCS(=O)(=O)Nc1ccc(Oc2cccc(OC3CC4(CCN(c5ncc(C(=O)NC6C(C)(C)C(Oc7ccc(C#N)c(Cl)c7)C6(C)C)cn5)CC4)C3)c2)c(-c2cn(C)c(=O)c3[nH]ccc23)c1. The number of aromatic nitrogens is 4. The van der Waals surface area contributed by atoms with Gasteiger partial charge in [-0.1, -0.05) is 45.4 Å². The van der Waals surface area contributed by atoms with E-state index in [1.54, 1.807) is 75.2 Å². The average Bonchev–Trinajstić information content (AvgIpc) is 3.79. The summed E-state index contributed by atoms with van der Waals surface area (Å²) >= 11 is 6.26. The number of hydrogen-bond donors (Lipinski definition) is 3. The second-order valence-corrected chi connectivity index (χ2v) is 21.6. The molecule has 2 saturated carbocycles. The van der Waals surface area contributed by atoms with Gasteiger partial charge in [0.15, 0.2) is 0 Å². The lowest BCUT2D eigenvalue weighted by atomic mass is 9.49. The second-order valence-electron chi connectivity index (χ2n) is 19.2. The summed E-state index contributed by atoms with van der Waals surface area (Å²) in [5, 5.41) is 13.5. The summed E-state index contributed by atoms with van der Waals surface area (Å²) < 4.78 is 48.5. The summed E-state index contributed by atoms with van der Waals surface area (Å²) in [6, 6.07) is 21.3. The molecule has 0 atom stereocenters. The fraction of sp³-hybridized carbons (Fsp3) is 0.380. The predicted molar refractivity (Wildman–Crippen MR) is 258 cm³/mol. The summed E-state index contributed by atoms with van der Waals surface area (Å²) in [6.07, 6.45) is 10.2. The van der Waals surface area contributed by atoms with Crippen LogP contribution in [0, 0.1) is 27.6 Å². The number of nitriles is 1. The Labute approximate surface area is 394 Å². The third kappa shape index (κ3) is 8.78. The number of nitrogens with one attached hydrogen (secondary N) is 3. The molecule has 3 fully saturated rings. The molecule has 15 nitrogen and oxygen atoms in total. The summed E-state index contributed by atoms with van der Waals surface area (Å²) in [6.45, 7) is 11.4. The molecule has 17 heteroatoms. The number of aromatic amines is 1. The average molecular weight is 946 g/mol. The molecular weight excluding hydrogens is 892 g/mol. The molecule has 1 spiro atoms. The number of hydrogen-bond acceptors (Lipinski definition) is 11. The molecule has 6 aromatic rings. The summed E-state index contributed by atoms with van der Waals surface area (Å²) in [4.78, 5) is 40.8. The van der Waals surface area contributed by atoms with Crippen molar-refractivity contribution in [2.24, 2.45) is 23.3 Å². The van der Waals surface area contributed by atoms with Crippen LogP contribution >= 0.6 is 11.6 Å². The van der Waals surface area contributed by atoms with Crippen molar-refractivity contribution in [2.75, 3.05) is 28.5 Å². The fourth-order valence-corrected chi connectivity index (χ4v) is 11.4. The van der Waals surface area contributed by atoms with Gasteiger partial charge in [0, 0.05) is 96.1 Å². The molecule has 0 bridgehead atoms. The minimum absolute atomic E-state index is 0.0479. The molecule has 0 unspecified atom stereocenters. The largest absolute Gasteiger partial charge is 0.490 e. The molecule has 3 aliphatic rings. The number of H-pyrrole nitrogens is 1. The third-order valence-electron chi connectivity index (χ3n) is 13.9. The number of carbonyl (C=O) groups excluding carboxylic acids is 1. The highest BCUT2D eigenvalue weighted by Gasteiger charge is 2.64. The highest BCUT2D eigenvalue weighted by atomic mass is 35.5. The number of sulfonamides is 1. The predicted octanol–water partition coefficient (Wildman–Crippen LogP) is 8.84. The Morgan fingerprint density at radius 1 is 0.940 bits per heavy atom. The molecule has 3 N–H and O–H groups in total. The zero-order chi connectivity index (χ0) is 47.5. The molecule has 3 aromatic carbocycles. The van der Waals surface area contributed by atoms with Crippen LogP contribution in [-0.2, 0) is 17.1 Å². The molecule has 3 aromatic heterocycles. The van der Waals surface area contributed by atoms with E-state index in [4.69, 9.17) is 25.8 Å². The number of rotatable bonds is 13. The van der Waals surface area contributed by atoms with E-state index in [-0.39, 0.29) is 40.9 Å². The van der Waals surface area contributed by atoms with E-state index in [1.807, 2.05) is 30.3 Å². The fourth-order valence-electron chi connectivity index (χ4n) is 10.5. The van der Waals surface area contributed by atoms with E-state index in [2.05, 4.69) is 63.7 Å². The van der Waals surface area contributed by atoms with Crippen molar-refractivity contribution >= 4 is 50.1 Å². The minimum atomic E-state index is -3.55. The van der Waals surface area contributed by atoms with Crippen molar-refractivity contribution < 1.29 is 27.4 Å². The van der Waals surface area contributed by atoms with Gasteiger partial charge in [-0.15, -0.1) is 0 Å². The first-order valence-electron chi connectivity index (χ1n) is 22.4. The smallest absolute Gasteiger partial charge is 0.274 e. The number of nitrogens with zero attached hydrogens (tertiary/aromatic N) is 5. The lowest BCUT2D eigenvalue weighted by Gasteiger charge is -2.63. The zero-order valence-electron chi connectivity index (χ0n) is 38.2. The Kier molecular flexibility index (Phi) is 11.7.